The average Bonchev–Trinajstić information content (AvgIpc) is 1.99. The molecule has 0 heterocycles. The maximum Gasteiger partial charge on any atom is 0.0691 e. The molecule has 0 aromatic carbocycles. The Balaban J connectivity index is 2.01. The number of aliphatic hydroxyl groups is 1. The second-order valence-corrected chi connectivity index (χ2v) is 5.58. The second kappa shape index (κ2) is 2.09. The summed E-state index contributed by atoms with van der Waals surface area (Å²) in [6.07, 6.45) is 6.07. The van der Waals surface area contributed by atoms with Gasteiger partial charge < -0.3 is 5.11 Å². The molecule has 0 aromatic rings. The lowest BCUT2D eigenvalue weighted by Gasteiger charge is -2.57. The summed E-state index contributed by atoms with van der Waals surface area (Å²) < 4.78 is 0. The first kappa shape index (κ1) is 7.82. The van der Waals surface area contributed by atoms with Crippen molar-refractivity contribution >= 4 is 0 Å². The van der Waals surface area contributed by atoms with Crippen molar-refractivity contribution in [1.29, 1.82) is 5.26 Å². The van der Waals surface area contributed by atoms with Crippen LogP contribution in [0.4, 0.5) is 0 Å². The third kappa shape index (κ3) is 0.971. The first-order valence-electron chi connectivity index (χ1n) is 5.27. The van der Waals surface area contributed by atoms with Crippen LogP contribution in [0, 0.1) is 28.6 Å². The van der Waals surface area contributed by atoms with Crippen molar-refractivity contribution in [1.82, 2.24) is 0 Å². The van der Waals surface area contributed by atoms with Crippen molar-refractivity contribution in [3.8, 4) is 6.07 Å². The quantitative estimate of drug-likeness (QED) is 0.613. The minimum atomic E-state index is -0.459. The Bertz CT molecular complexity index is 277. The Labute approximate surface area is 78.6 Å². The van der Waals surface area contributed by atoms with E-state index in [1.54, 1.807) is 0 Å². The monoisotopic (exact) mass is 177 g/mol. The van der Waals surface area contributed by atoms with E-state index in [9.17, 15) is 10.4 Å². The van der Waals surface area contributed by atoms with Crippen LogP contribution in [0.5, 0.6) is 0 Å². The van der Waals surface area contributed by atoms with Crippen LogP contribution < -0.4 is 0 Å². The topological polar surface area (TPSA) is 44.0 Å². The molecule has 4 aliphatic rings. The van der Waals surface area contributed by atoms with E-state index in [1.807, 2.05) is 0 Å². The molecule has 0 aromatic heterocycles. The fraction of sp³-hybridized carbons (Fsp3) is 0.909. The highest BCUT2D eigenvalue weighted by atomic mass is 16.3. The van der Waals surface area contributed by atoms with Crippen LogP contribution in [0.15, 0.2) is 0 Å². The summed E-state index contributed by atoms with van der Waals surface area (Å²) in [7, 11) is 0. The Morgan fingerprint density at radius 2 is 1.77 bits per heavy atom. The lowest BCUT2D eigenvalue weighted by molar-refractivity contribution is -0.145. The van der Waals surface area contributed by atoms with Crippen molar-refractivity contribution in [3.63, 3.8) is 0 Å². The van der Waals surface area contributed by atoms with Gasteiger partial charge in [0.05, 0.1) is 17.1 Å². The van der Waals surface area contributed by atoms with Crippen molar-refractivity contribution < 1.29 is 5.11 Å². The highest BCUT2D eigenvalue weighted by molar-refractivity contribution is 5.15. The lowest BCUT2D eigenvalue weighted by Crippen LogP contribution is -2.55. The van der Waals surface area contributed by atoms with Gasteiger partial charge >= 0.3 is 0 Å². The predicted octanol–water partition coefficient (Wildman–Crippen LogP) is 1.84. The van der Waals surface area contributed by atoms with E-state index in [1.165, 1.54) is 6.42 Å². The van der Waals surface area contributed by atoms with Crippen LogP contribution in [0.2, 0.25) is 0 Å². The molecule has 0 radical (unpaired) electrons. The zero-order valence-corrected chi connectivity index (χ0v) is 7.79. The molecule has 2 heteroatoms. The minimum absolute atomic E-state index is 0.140. The molecule has 0 spiro atoms. The van der Waals surface area contributed by atoms with Crippen molar-refractivity contribution in [2.75, 3.05) is 0 Å². The third-order valence-electron chi connectivity index (χ3n) is 4.27. The fourth-order valence-electron chi connectivity index (χ4n) is 4.34. The highest BCUT2D eigenvalue weighted by Crippen LogP contribution is 2.61. The largest absolute Gasteiger partial charge is 0.390 e. The van der Waals surface area contributed by atoms with Crippen molar-refractivity contribution in [2.24, 2.45) is 17.3 Å². The number of nitriles is 1. The summed E-state index contributed by atoms with van der Waals surface area (Å²) in [5.41, 5.74) is -0.599. The average molecular weight is 177 g/mol. The minimum Gasteiger partial charge on any atom is -0.390 e. The summed E-state index contributed by atoms with van der Waals surface area (Å²) in [5.74, 6) is 1.29. The molecule has 4 aliphatic carbocycles. The van der Waals surface area contributed by atoms with Gasteiger partial charge in [-0.15, -0.1) is 0 Å². The Morgan fingerprint density at radius 1 is 1.15 bits per heavy atom. The van der Waals surface area contributed by atoms with Gasteiger partial charge in [0, 0.05) is 0 Å². The normalized spacial score (nSPS) is 57.8. The van der Waals surface area contributed by atoms with Gasteiger partial charge in [-0.25, -0.2) is 0 Å². The van der Waals surface area contributed by atoms with Crippen LogP contribution in [0.25, 0.3) is 0 Å². The molecule has 0 amide bonds. The van der Waals surface area contributed by atoms with E-state index < -0.39 is 5.60 Å². The molecule has 0 aliphatic heterocycles. The summed E-state index contributed by atoms with van der Waals surface area (Å²) in [6.45, 7) is 0. The zero-order chi connectivity index (χ0) is 9.10. The Morgan fingerprint density at radius 3 is 2.23 bits per heavy atom. The second-order valence-electron chi connectivity index (χ2n) is 5.58. The molecule has 4 bridgehead atoms. The van der Waals surface area contributed by atoms with Gasteiger partial charge in [-0.3, -0.25) is 0 Å². The Hall–Kier alpha value is -0.550. The van der Waals surface area contributed by atoms with E-state index >= 15 is 0 Å². The summed E-state index contributed by atoms with van der Waals surface area (Å²) in [5, 5.41) is 19.4. The van der Waals surface area contributed by atoms with Crippen molar-refractivity contribution in [3.05, 3.63) is 0 Å². The third-order valence-corrected chi connectivity index (χ3v) is 4.27. The lowest BCUT2D eigenvalue weighted by atomic mass is 9.48. The SMILES string of the molecule is N#CC12CC3CC(CC(O)(C3)C1)C2. The molecule has 13 heavy (non-hydrogen) atoms. The standard InChI is InChI=1S/C11H15NO/c12-7-10-2-8-1-9(3-10)5-11(13,4-8)6-10/h8-9,13H,1-6H2. The fourth-order valence-corrected chi connectivity index (χ4v) is 4.34. The van der Waals surface area contributed by atoms with E-state index in [-0.39, 0.29) is 5.41 Å². The van der Waals surface area contributed by atoms with Gasteiger partial charge in [-0.05, 0) is 50.4 Å². The Kier molecular flexibility index (Phi) is 1.26. The molecule has 4 saturated carbocycles. The van der Waals surface area contributed by atoms with Gasteiger partial charge in [0.25, 0.3) is 0 Å². The van der Waals surface area contributed by atoms with Crippen LogP contribution in [0.1, 0.15) is 38.5 Å². The first-order valence-corrected chi connectivity index (χ1v) is 5.27. The molecular weight excluding hydrogens is 162 g/mol. The van der Waals surface area contributed by atoms with Gasteiger partial charge in [0.2, 0.25) is 0 Å². The highest BCUT2D eigenvalue weighted by Gasteiger charge is 2.57. The van der Waals surface area contributed by atoms with Crippen LogP contribution in [0.3, 0.4) is 0 Å². The van der Waals surface area contributed by atoms with Gasteiger partial charge in [0.1, 0.15) is 0 Å². The van der Waals surface area contributed by atoms with E-state index in [0.29, 0.717) is 11.8 Å². The van der Waals surface area contributed by atoms with Gasteiger partial charge in [-0.2, -0.15) is 5.26 Å². The van der Waals surface area contributed by atoms with E-state index in [0.717, 1.165) is 32.1 Å². The van der Waals surface area contributed by atoms with Gasteiger partial charge in [0.15, 0.2) is 0 Å². The van der Waals surface area contributed by atoms with Crippen LogP contribution >= 0.6 is 0 Å². The molecule has 4 rings (SSSR count). The molecule has 4 fully saturated rings. The smallest absolute Gasteiger partial charge is 0.0691 e. The molecule has 2 unspecified atom stereocenters. The number of rotatable bonds is 0. The summed E-state index contributed by atoms with van der Waals surface area (Å²) in [4.78, 5) is 0. The number of hydrogen-bond donors (Lipinski definition) is 1. The molecule has 70 valence electrons. The summed E-state index contributed by atoms with van der Waals surface area (Å²) >= 11 is 0. The summed E-state index contributed by atoms with van der Waals surface area (Å²) in [6, 6.07) is 2.47. The maximum absolute atomic E-state index is 10.2. The molecule has 2 atom stereocenters. The number of hydrogen-bond acceptors (Lipinski definition) is 2. The maximum atomic E-state index is 10.2. The van der Waals surface area contributed by atoms with Crippen LogP contribution in [-0.2, 0) is 0 Å². The molecule has 1 N–H and O–H groups in total. The predicted molar refractivity (Wildman–Crippen MR) is 47.7 cm³/mol. The molecule has 0 saturated heterocycles. The first-order chi connectivity index (χ1) is 6.13. The van der Waals surface area contributed by atoms with E-state index in [2.05, 4.69) is 6.07 Å². The van der Waals surface area contributed by atoms with Crippen molar-refractivity contribution in [2.45, 2.75) is 44.1 Å². The molecular formula is C11H15NO. The van der Waals surface area contributed by atoms with E-state index in [4.69, 9.17) is 0 Å². The zero-order valence-electron chi connectivity index (χ0n) is 7.79. The molecule has 2 nitrogen and oxygen atoms in total. The van der Waals surface area contributed by atoms with Gasteiger partial charge in [-0.1, -0.05) is 0 Å². The number of nitrogens with zero attached hydrogens (tertiary/aromatic N) is 1. The van der Waals surface area contributed by atoms with Crippen LogP contribution in [-0.4, -0.2) is 10.7 Å².